The zero-order chi connectivity index (χ0) is 20.7. The Hall–Kier alpha value is -2.60. The lowest BCUT2D eigenvalue weighted by Gasteiger charge is -2.18. The Morgan fingerprint density at radius 1 is 1.07 bits per heavy atom. The van der Waals surface area contributed by atoms with Crippen LogP contribution in [0.1, 0.15) is 24.5 Å². The largest absolute Gasteiger partial charge is 0.493 e. The first-order valence-corrected chi connectivity index (χ1v) is 9.30. The first-order chi connectivity index (χ1) is 13.4. The molecule has 1 N–H and O–H groups in total. The first-order valence-electron chi connectivity index (χ1n) is 8.92. The van der Waals surface area contributed by atoms with E-state index in [1.54, 1.807) is 45.6 Å². The summed E-state index contributed by atoms with van der Waals surface area (Å²) in [6.07, 6.45) is -0.0782. The summed E-state index contributed by atoms with van der Waals surface area (Å²) in [5, 5.41) is 3.55. The van der Waals surface area contributed by atoms with E-state index in [1.165, 1.54) is 0 Å². The molecule has 1 amide bonds. The maximum absolute atomic E-state index is 12.6. The fourth-order valence-corrected chi connectivity index (χ4v) is 2.84. The average molecular weight is 408 g/mol. The summed E-state index contributed by atoms with van der Waals surface area (Å²) in [6.45, 7) is 4.09. The van der Waals surface area contributed by atoms with Gasteiger partial charge < -0.3 is 24.3 Å². The molecular weight excluding hydrogens is 382 g/mol. The van der Waals surface area contributed by atoms with Gasteiger partial charge in [0, 0.05) is 11.6 Å². The van der Waals surface area contributed by atoms with Crippen molar-refractivity contribution in [3.05, 3.63) is 46.5 Å². The molecule has 0 saturated carbocycles. The average Bonchev–Trinajstić information content (AvgIpc) is 2.71. The first kappa shape index (κ1) is 21.7. The van der Waals surface area contributed by atoms with Crippen LogP contribution in [0.2, 0.25) is 5.02 Å². The topological polar surface area (TPSA) is 66.0 Å². The Labute approximate surface area is 170 Å². The van der Waals surface area contributed by atoms with Crippen molar-refractivity contribution in [3.63, 3.8) is 0 Å². The van der Waals surface area contributed by atoms with Crippen LogP contribution in [0.15, 0.2) is 30.3 Å². The molecule has 0 heterocycles. The van der Waals surface area contributed by atoms with Gasteiger partial charge in [0.15, 0.2) is 17.6 Å². The number of amides is 1. The van der Waals surface area contributed by atoms with Crippen molar-refractivity contribution in [2.45, 2.75) is 32.9 Å². The Morgan fingerprint density at radius 2 is 1.71 bits per heavy atom. The van der Waals surface area contributed by atoms with Gasteiger partial charge in [0.1, 0.15) is 5.75 Å². The highest BCUT2D eigenvalue weighted by Gasteiger charge is 2.19. The van der Waals surface area contributed by atoms with E-state index >= 15 is 0 Å². The van der Waals surface area contributed by atoms with Crippen LogP contribution in [0.4, 0.5) is 0 Å². The highest BCUT2D eigenvalue weighted by atomic mass is 35.5. The maximum Gasteiger partial charge on any atom is 0.261 e. The Balaban J connectivity index is 2.07. The summed E-state index contributed by atoms with van der Waals surface area (Å²) in [7, 11) is 4.65. The van der Waals surface area contributed by atoms with Gasteiger partial charge in [-0.2, -0.15) is 0 Å². The zero-order valence-electron chi connectivity index (χ0n) is 16.8. The third-order valence-electron chi connectivity index (χ3n) is 4.26. The zero-order valence-corrected chi connectivity index (χ0v) is 17.6. The molecule has 7 heteroatoms. The second-order valence-electron chi connectivity index (χ2n) is 6.18. The number of methoxy groups -OCH3 is 3. The van der Waals surface area contributed by atoms with Gasteiger partial charge in [0.2, 0.25) is 5.75 Å². The monoisotopic (exact) mass is 407 g/mol. The van der Waals surface area contributed by atoms with E-state index in [-0.39, 0.29) is 5.91 Å². The standard InChI is InChI=1S/C21H26ClNO5/c1-6-17(28-15-7-8-16(22)13(2)9-15)21(24)23-12-14-10-18(25-3)20(27-5)19(11-14)26-4/h7-11,17H,6,12H2,1-5H3,(H,23,24). The summed E-state index contributed by atoms with van der Waals surface area (Å²) in [4.78, 5) is 12.6. The molecule has 0 spiro atoms. The molecule has 2 aromatic rings. The highest BCUT2D eigenvalue weighted by molar-refractivity contribution is 6.31. The van der Waals surface area contributed by atoms with Crippen LogP contribution in [-0.4, -0.2) is 33.3 Å². The van der Waals surface area contributed by atoms with E-state index < -0.39 is 6.10 Å². The van der Waals surface area contributed by atoms with Crippen LogP contribution < -0.4 is 24.3 Å². The molecule has 0 radical (unpaired) electrons. The second-order valence-corrected chi connectivity index (χ2v) is 6.58. The Bertz CT molecular complexity index is 799. The van der Waals surface area contributed by atoms with E-state index in [4.69, 9.17) is 30.5 Å². The van der Waals surface area contributed by atoms with Crippen molar-refractivity contribution < 1.29 is 23.7 Å². The number of carbonyl (C=O) groups is 1. The summed E-state index contributed by atoms with van der Waals surface area (Å²) >= 11 is 6.04. The number of halogens is 1. The number of nitrogens with one attached hydrogen (secondary N) is 1. The molecule has 0 fully saturated rings. The lowest BCUT2D eigenvalue weighted by molar-refractivity contribution is -0.128. The minimum atomic E-state index is -0.609. The number of ether oxygens (including phenoxy) is 4. The minimum Gasteiger partial charge on any atom is -0.493 e. The van der Waals surface area contributed by atoms with Gasteiger partial charge in [0.05, 0.1) is 21.3 Å². The lowest BCUT2D eigenvalue weighted by Crippen LogP contribution is -2.37. The van der Waals surface area contributed by atoms with Crippen LogP contribution in [-0.2, 0) is 11.3 Å². The number of hydrogen-bond acceptors (Lipinski definition) is 5. The second kappa shape index (κ2) is 10.1. The van der Waals surface area contributed by atoms with Crippen LogP contribution >= 0.6 is 11.6 Å². The van der Waals surface area contributed by atoms with Crippen molar-refractivity contribution in [2.75, 3.05) is 21.3 Å². The predicted molar refractivity (Wildman–Crippen MR) is 109 cm³/mol. The van der Waals surface area contributed by atoms with Gasteiger partial charge in [-0.25, -0.2) is 0 Å². The van der Waals surface area contributed by atoms with Crippen molar-refractivity contribution in [3.8, 4) is 23.0 Å². The molecule has 0 saturated heterocycles. The van der Waals surface area contributed by atoms with Gasteiger partial charge in [-0.15, -0.1) is 0 Å². The van der Waals surface area contributed by atoms with E-state index in [1.807, 2.05) is 19.9 Å². The fraction of sp³-hybridized carbons (Fsp3) is 0.381. The quantitative estimate of drug-likeness (QED) is 0.676. The molecular formula is C21H26ClNO5. The van der Waals surface area contributed by atoms with Gasteiger partial charge in [-0.1, -0.05) is 18.5 Å². The molecule has 0 bridgehead atoms. The predicted octanol–water partition coefficient (Wildman–Crippen LogP) is 4.15. The smallest absolute Gasteiger partial charge is 0.261 e. The molecule has 28 heavy (non-hydrogen) atoms. The summed E-state index contributed by atoms with van der Waals surface area (Å²) in [5.41, 5.74) is 1.71. The summed E-state index contributed by atoms with van der Waals surface area (Å²) < 4.78 is 21.8. The maximum atomic E-state index is 12.6. The van der Waals surface area contributed by atoms with Crippen LogP contribution in [0, 0.1) is 6.92 Å². The molecule has 152 valence electrons. The Kier molecular flexibility index (Phi) is 7.81. The van der Waals surface area contributed by atoms with Gasteiger partial charge >= 0.3 is 0 Å². The fourth-order valence-electron chi connectivity index (χ4n) is 2.72. The van der Waals surface area contributed by atoms with Crippen LogP contribution in [0.25, 0.3) is 0 Å². The molecule has 6 nitrogen and oxygen atoms in total. The molecule has 1 unspecified atom stereocenters. The van der Waals surface area contributed by atoms with Gasteiger partial charge in [0.25, 0.3) is 5.91 Å². The summed E-state index contributed by atoms with van der Waals surface area (Å²) in [6, 6.07) is 8.92. The highest BCUT2D eigenvalue weighted by Crippen LogP contribution is 2.38. The van der Waals surface area contributed by atoms with Crippen LogP contribution in [0.5, 0.6) is 23.0 Å². The van der Waals surface area contributed by atoms with Gasteiger partial charge in [-0.05, 0) is 54.8 Å². The molecule has 1 atom stereocenters. The van der Waals surface area contributed by atoms with Crippen molar-refractivity contribution in [2.24, 2.45) is 0 Å². The Morgan fingerprint density at radius 3 is 2.21 bits per heavy atom. The normalized spacial score (nSPS) is 11.5. The van der Waals surface area contributed by atoms with Crippen LogP contribution in [0.3, 0.4) is 0 Å². The van der Waals surface area contributed by atoms with E-state index in [0.717, 1.165) is 11.1 Å². The molecule has 0 aromatic heterocycles. The molecule has 2 aromatic carbocycles. The number of rotatable bonds is 9. The molecule has 2 rings (SSSR count). The SMILES string of the molecule is CCC(Oc1ccc(Cl)c(C)c1)C(=O)NCc1cc(OC)c(OC)c(OC)c1. The molecule has 0 aliphatic rings. The third-order valence-corrected chi connectivity index (χ3v) is 4.69. The lowest BCUT2D eigenvalue weighted by atomic mass is 10.1. The summed E-state index contributed by atoms with van der Waals surface area (Å²) in [5.74, 6) is 1.98. The third kappa shape index (κ3) is 5.23. The molecule has 0 aliphatic carbocycles. The minimum absolute atomic E-state index is 0.205. The van der Waals surface area contributed by atoms with Gasteiger partial charge in [-0.3, -0.25) is 4.79 Å². The van der Waals surface area contributed by atoms with E-state index in [0.29, 0.717) is 41.0 Å². The van der Waals surface area contributed by atoms with Crippen molar-refractivity contribution >= 4 is 17.5 Å². The van der Waals surface area contributed by atoms with Crippen molar-refractivity contribution in [1.82, 2.24) is 5.32 Å². The van der Waals surface area contributed by atoms with E-state index in [2.05, 4.69) is 5.32 Å². The van der Waals surface area contributed by atoms with Crippen molar-refractivity contribution in [1.29, 1.82) is 0 Å². The number of hydrogen-bond donors (Lipinski definition) is 1. The number of carbonyl (C=O) groups excluding carboxylic acids is 1. The number of benzene rings is 2. The van der Waals surface area contributed by atoms with E-state index in [9.17, 15) is 4.79 Å². The number of aryl methyl sites for hydroxylation is 1. The molecule has 0 aliphatic heterocycles.